The van der Waals surface area contributed by atoms with Crippen LogP contribution >= 0.6 is 0 Å². The van der Waals surface area contributed by atoms with Crippen LogP contribution in [0.5, 0.6) is 0 Å². The van der Waals surface area contributed by atoms with Gasteiger partial charge in [-0.3, -0.25) is 4.99 Å². The number of aliphatic imine (C=N–C) groups is 1. The van der Waals surface area contributed by atoms with Gasteiger partial charge in [0.1, 0.15) is 0 Å². The lowest BCUT2D eigenvalue weighted by Gasteiger charge is -2.32. The van der Waals surface area contributed by atoms with Gasteiger partial charge < -0.3 is 20.3 Å². The van der Waals surface area contributed by atoms with E-state index in [0.717, 1.165) is 38.7 Å². The van der Waals surface area contributed by atoms with Crippen LogP contribution in [0.25, 0.3) is 0 Å². The summed E-state index contributed by atoms with van der Waals surface area (Å²) in [7, 11) is 2.12. The van der Waals surface area contributed by atoms with E-state index >= 15 is 0 Å². The van der Waals surface area contributed by atoms with Gasteiger partial charge in [-0.05, 0) is 25.8 Å². The minimum atomic E-state index is 0.199. The highest BCUT2D eigenvalue weighted by molar-refractivity contribution is 5.78. The SMILES string of the molecule is CC1CCCN(C(N)=NCC2CN(C)CCO2)C1. The van der Waals surface area contributed by atoms with Crippen LogP contribution in [0.3, 0.4) is 0 Å². The third-order valence-corrected chi connectivity index (χ3v) is 3.78. The van der Waals surface area contributed by atoms with Crippen molar-refractivity contribution < 1.29 is 4.74 Å². The summed E-state index contributed by atoms with van der Waals surface area (Å²) < 4.78 is 5.68. The van der Waals surface area contributed by atoms with Crippen LogP contribution in [0.2, 0.25) is 0 Å². The van der Waals surface area contributed by atoms with Crippen molar-refractivity contribution in [3.05, 3.63) is 0 Å². The van der Waals surface area contributed by atoms with E-state index in [1.807, 2.05) is 0 Å². The molecule has 2 saturated heterocycles. The molecule has 0 aromatic rings. The first kappa shape index (κ1) is 13.6. The van der Waals surface area contributed by atoms with Gasteiger partial charge in [0.05, 0.1) is 19.3 Å². The molecule has 0 spiro atoms. The molecule has 2 fully saturated rings. The maximum Gasteiger partial charge on any atom is 0.191 e. The molecule has 2 atom stereocenters. The fourth-order valence-electron chi connectivity index (χ4n) is 2.67. The maximum absolute atomic E-state index is 6.07. The van der Waals surface area contributed by atoms with Gasteiger partial charge in [-0.25, -0.2) is 0 Å². The summed E-state index contributed by atoms with van der Waals surface area (Å²) in [5, 5.41) is 0. The van der Waals surface area contributed by atoms with Gasteiger partial charge in [0.25, 0.3) is 0 Å². The second-order valence-corrected chi connectivity index (χ2v) is 5.65. The van der Waals surface area contributed by atoms with Crippen LogP contribution in [-0.4, -0.2) is 68.2 Å². The lowest BCUT2D eigenvalue weighted by molar-refractivity contribution is -0.0137. The third kappa shape index (κ3) is 3.85. The summed E-state index contributed by atoms with van der Waals surface area (Å²) in [5.74, 6) is 1.42. The third-order valence-electron chi connectivity index (χ3n) is 3.78. The Bertz CT molecular complexity index is 295. The maximum atomic E-state index is 6.07. The van der Waals surface area contributed by atoms with Crippen molar-refractivity contribution in [2.24, 2.45) is 16.6 Å². The number of guanidine groups is 1. The summed E-state index contributed by atoms with van der Waals surface area (Å²) in [6.45, 7) is 7.81. The van der Waals surface area contributed by atoms with E-state index in [-0.39, 0.29) is 6.10 Å². The van der Waals surface area contributed by atoms with Crippen molar-refractivity contribution >= 4 is 5.96 Å². The zero-order chi connectivity index (χ0) is 13.0. The van der Waals surface area contributed by atoms with Crippen LogP contribution in [0.1, 0.15) is 19.8 Å². The first-order chi connectivity index (χ1) is 8.65. The number of nitrogens with two attached hydrogens (primary N) is 1. The molecule has 2 unspecified atom stereocenters. The molecule has 5 nitrogen and oxygen atoms in total. The van der Waals surface area contributed by atoms with E-state index in [0.29, 0.717) is 12.5 Å². The Hall–Kier alpha value is -0.810. The Kier molecular flexibility index (Phi) is 4.83. The van der Waals surface area contributed by atoms with Crippen molar-refractivity contribution in [3.8, 4) is 0 Å². The van der Waals surface area contributed by atoms with Crippen LogP contribution in [0.15, 0.2) is 4.99 Å². The molecule has 2 rings (SSSR count). The topological polar surface area (TPSA) is 54.1 Å². The fourth-order valence-corrected chi connectivity index (χ4v) is 2.67. The largest absolute Gasteiger partial charge is 0.374 e. The Morgan fingerprint density at radius 2 is 2.22 bits per heavy atom. The smallest absolute Gasteiger partial charge is 0.191 e. The number of piperidine rings is 1. The molecule has 2 aliphatic heterocycles. The van der Waals surface area contributed by atoms with Gasteiger partial charge >= 0.3 is 0 Å². The highest BCUT2D eigenvalue weighted by Gasteiger charge is 2.20. The van der Waals surface area contributed by atoms with Crippen molar-refractivity contribution in [1.29, 1.82) is 0 Å². The molecule has 18 heavy (non-hydrogen) atoms. The number of morpholine rings is 1. The summed E-state index contributed by atoms with van der Waals surface area (Å²) in [4.78, 5) is 9.00. The van der Waals surface area contributed by atoms with E-state index < -0.39 is 0 Å². The summed E-state index contributed by atoms with van der Waals surface area (Å²) in [6, 6.07) is 0. The van der Waals surface area contributed by atoms with Crippen molar-refractivity contribution in [3.63, 3.8) is 0 Å². The number of nitrogens with zero attached hydrogens (tertiary/aromatic N) is 3. The number of ether oxygens (including phenoxy) is 1. The molecular formula is C13H26N4O. The second-order valence-electron chi connectivity index (χ2n) is 5.65. The van der Waals surface area contributed by atoms with Gasteiger partial charge in [0.15, 0.2) is 5.96 Å². The number of hydrogen-bond donors (Lipinski definition) is 1. The van der Waals surface area contributed by atoms with Crippen molar-refractivity contribution in [1.82, 2.24) is 9.80 Å². The average molecular weight is 254 g/mol. The Morgan fingerprint density at radius 1 is 1.39 bits per heavy atom. The first-order valence-corrected chi connectivity index (χ1v) is 7.00. The standard InChI is InChI=1S/C13H26N4O/c1-11-4-3-5-17(9-11)13(14)15-8-12-10-16(2)6-7-18-12/h11-12H,3-10H2,1-2H3,(H2,14,15). The molecule has 0 aromatic carbocycles. The Morgan fingerprint density at radius 3 is 2.94 bits per heavy atom. The van der Waals surface area contributed by atoms with Crippen LogP contribution in [0.4, 0.5) is 0 Å². The zero-order valence-electron chi connectivity index (χ0n) is 11.6. The van der Waals surface area contributed by atoms with Crippen LogP contribution < -0.4 is 5.73 Å². The van der Waals surface area contributed by atoms with Crippen LogP contribution in [0, 0.1) is 5.92 Å². The van der Waals surface area contributed by atoms with Crippen molar-refractivity contribution in [2.75, 3.05) is 46.4 Å². The molecule has 5 heteroatoms. The molecule has 2 heterocycles. The Balaban J connectivity index is 1.80. The Labute approximate surface area is 110 Å². The molecular weight excluding hydrogens is 228 g/mol. The van der Waals surface area contributed by atoms with Gasteiger partial charge in [0.2, 0.25) is 0 Å². The van der Waals surface area contributed by atoms with Gasteiger partial charge in [-0.15, -0.1) is 0 Å². The molecule has 0 saturated carbocycles. The highest BCUT2D eigenvalue weighted by Crippen LogP contribution is 2.15. The molecule has 0 aromatic heterocycles. The number of rotatable bonds is 2. The van der Waals surface area contributed by atoms with E-state index in [4.69, 9.17) is 10.5 Å². The second kappa shape index (κ2) is 6.38. The van der Waals surface area contributed by atoms with E-state index in [2.05, 4.69) is 28.8 Å². The lowest BCUT2D eigenvalue weighted by atomic mass is 10.0. The first-order valence-electron chi connectivity index (χ1n) is 7.00. The highest BCUT2D eigenvalue weighted by atomic mass is 16.5. The molecule has 2 N–H and O–H groups in total. The molecule has 0 amide bonds. The van der Waals surface area contributed by atoms with Crippen LogP contribution in [-0.2, 0) is 4.74 Å². The lowest BCUT2D eigenvalue weighted by Crippen LogP contribution is -2.45. The van der Waals surface area contributed by atoms with Gasteiger partial charge in [0, 0.05) is 26.2 Å². The zero-order valence-corrected chi connectivity index (χ0v) is 11.6. The number of likely N-dealkylation sites (N-methyl/N-ethyl adjacent to an activating group) is 1. The van der Waals surface area contributed by atoms with Gasteiger partial charge in [-0.1, -0.05) is 6.92 Å². The van der Waals surface area contributed by atoms with E-state index in [1.165, 1.54) is 12.8 Å². The number of likely N-dealkylation sites (tertiary alicyclic amines) is 1. The predicted molar refractivity (Wildman–Crippen MR) is 73.7 cm³/mol. The quantitative estimate of drug-likeness (QED) is 0.571. The molecule has 104 valence electrons. The summed E-state index contributed by atoms with van der Waals surface area (Å²) in [6.07, 6.45) is 2.73. The minimum absolute atomic E-state index is 0.199. The van der Waals surface area contributed by atoms with Gasteiger partial charge in [-0.2, -0.15) is 0 Å². The number of hydrogen-bond acceptors (Lipinski definition) is 3. The normalized spacial score (nSPS) is 31.7. The van der Waals surface area contributed by atoms with E-state index in [1.54, 1.807) is 0 Å². The molecule has 0 radical (unpaired) electrons. The fraction of sp³-hybridized carbons (Fsp3) is 0.923. The predicted octanol–water partition coefficient (Wildman–Crippen LogP) is 0.364. The van der Waals surface area contributed by atoms with E-state index in [9.17, 15) is 0 Å². The molecule has 2 aliphatic rings. The van der Waals surface area contributed by atoms with Crippen molar-refractivity contribution in [2.45, 2.75) is 25.9 Å². The molecule has 0 aliphatic carbocycles. The average Bonchev–Trinajstić information content (AvgIpc) is 2.36. The molecule has 0 bridgehead atoms. The monoisotopic (exact) mass is 254 g/mol. The minimum Gasteiger partial charge on any atom is -0.374 e. The summed E-state index contributed by atoms with van der Waals surface area (Å²) in [5.41, 5.74) is 6.07. The summed E-state index contributed by atoms with van der Waals surface area (Å²) >= 11 is 0.